The number of amides is 1. The molecule has 1 amide bonds. The highest BCUT2D eigenvalue weighted by Crippen LogP contribution is 2.28. The van der Waals surface area contributed by atoms with E-state index in [-0.39, 0.29) is 35.4 Å². The Bertz CT molecular complexity index is 1140. The summed E-state index contributed by atoms with van der Waals surface area (Å²) in [5.41, 5.74) is 2.04. The minimum absolute atomic E-state index is 0.127. The highest BCUT2D eigenvalue weighted by atomic mass is 16.2. The van der Waals surface area contributed by atoms with E-state index in [0.717, 1.165) is 11.3 Å². The van der Waals surface area contributed by atoms with Crippen LogP contribution in [-0.2, 0) is 22.3 Å². The number of aromatic nitrogens is 4. The first-order valence-corrected chi connectivity index (χ1v) is 10.2. The molecule has 0 spiro atoms. The number of hydrogen-bond acceptors (Lipinski definition) is 4. The van der Waals surface area contributed by atoms with Gasteiger partial charge in [0.25, 0.3) is 5.56 Å². The molecule has 0 atom stereocenters. The topological polar surface area (TPSA) is 81.8 Å². The Hall–Kier alpha value is -2.96. The van der Waals surface area contributed by atoms with Crippen LogP contribution >= 0.6 is 0 Å². The second-order valence-electron chi connectivity index (χ2n) is 9.76. The lowest BCUT2D eigenvalue weighted by atomic mass is 9.92. The van der Waals surface area contributed by atoms with Crippen molar-refractivity contribution in [1.82, 2.24) is 19.3 Å². The van der Waals surface area contributed by atoms with Crippen LogP contribution in [0.4, 0.5) is 5.82 Å². The summed E-state index contributed by atoms with van der Waals surface area (Å²) >= 11 is 0. The molecule has 0 aliphatic rings. The van der Waals surface area contributed by atoms with Gasteiger partial charge in [0.05, 0.1) is 28.5 Å². The SMILES string of the molecule is Cc1cccc2c(=O)n(CCC(=O)Nc3cc(C(C)(C)C)nn3C(C)(C)C)cnc12. The van der Waals surface area contributed by atoms with Gasteiger partial charge in [-0.3, -0.25) is 14.2 Å². The van der Waals surface area contributed by atoms with Gasteiger partial charge in [0.15, 0.2) is 0 Å². The predicted molar refractivity (Wildman–Crippen MR) is 120 cm³/mol. The van der Waals surface area contributed by atoms with E-state index in [0.29, 0.717) is 16.7 Å². The lowest BCUT2D eigenvalue weighted by Gasteiger charge is -2.23. The van der Waals surface area contributed by atoms with Crippen molar-refractivity contribution in [2.24, 2.45) is 0 Å². The van der Waals surface area contributed by atoms with E-state index in [1.807, 2.05) is 50.6 Å². The zero-order valence-corrected chi connectivity index (χ0v) is 18.9. The van der Waals surface area contributed by atoms with Gasteiger partial charge < -0.3 is 5.32 Å². The molecule has 0 saturated carbocycles. The van der Waals surface area contributed by atoms with Crippen molar-refractivity contribution in [3.63, 3.8) is 0 Å². The molecular formula is C23H31N5O2. The molecular weight excluding hydrogens is 378 g/mol. The Morgan fingerprint density at radius 1 is 1.13 bits per heavy atom. The number of aryl methyl sites for hydroxylation is 2. The summed E-state index contributed by atoms with van der Waals surface area (Å²) in [6, 6.07) is 7.47. The van der Waals surface area contributed by atoms with Gasteiger partial charge in [-0.25, -0.2) is 9.67 Å². The van der Waals surface area contributed by atoms with Crippen molar-refractivity contribution in [2.75, 3.05) is 5.32 Å². The van der Waals surface area contributed by atoms with Crippen molar-refractivity contribution < 1.29 is 4.79 Å². The largest absolute Gasteiger partial charge is 0.311 e. The Labute approximate surface area is 177 Å². The van der Waals surface area contributed by atoms with Crippen LogP contribution in [0.3, 0.4) is 0 Å². The van der Waals surface area contributed by atoms with Crippen molar-refractivity contribution in [3.05, 3.63) is 52.2 Å². The van der Waals surface area contributed by atoms with Gasteiger partial charge >= 0.3 is 0 Å². The van der Waals surface area contributed by atoms with E-state index >= 15 is 0 Å². The summed E-state index contributed by atoms with van der Waals surface area (Å²) in [7, 11) is 0. The molecule has 0 aliphatic carbocycles. The van der Waals surface area contributed by atoms with Crippen molar-refractivity contribution in [3.8, 4) is 0 Å². The monoisotopic (exact) mass is 409 g/mol. The maximum Gasteiger partial charge on any atom is 0.261 e. The third-order valence-corrected chi connectivity index (χ3v) is 5.02. The Morgan fingerprint density at radius 3 is 2.47 bits per heavy atom. The third kappa shape index (κ3) is 4.45. The fourth-order valence-corrected chi connectivity index (χ4v) is 3.27. The number of rotatable bonds is 4. The molecule has 0 saturated heterocycles. The van der Waals surface area contributed by atoms with Crippen molar-refractivity contribution in [1.29, 1.82) is 0 Å². The van der Waals surface area contributed by atoms with Crippen LogP contribution in [0.2, 0.25) is 0 Å². The van der Waals surface area contributed by atoms with Gasteiger partial charge in [0.2, 0.25) is 5.91 Å². The molecule has 1 aromatic carbocycles. The summed E-state index contributed by atoms with van der Waals surface area (Å²) in [4.78, 5) is 29.8. The zero-order chi connectivity index (χ0) is 22.3. The van der Waals surface area contributed by atoms with Crippen LogP contribution in [0.25, 0.3) is 10.9 Å². The number of hydrogen-bond donors (Lipinski definition) is 1. The highest BCUT2D eigenvalue weighted by molar-refractivity contribution is 5.90. The van der Waals surface area contributed by atoms with Crippen molar-refractivity contribution in [2.45, 2.75) is 72.4 Å². The Morgan fingerprint density at radius 2 is 1.83 bits per heavy atom. The van der Waals surface area contributed by atoms with Crippen LogP contribution in [0.15, 0.2) is 35.4 Å². The lowest BCUT2D eigenvalue weighted by Crippen LogP contribution is -2.28. The normalized spacial score (nSPS) is 12.4. The first-order valence-electron chi connectivity index (χ1n) is 10.2. The molecule has 7 nitrogen and oxygen atoms in total. The zero-order valence-electron chi connectivity index (χ0n) is 18.9. The lowest BCUT2D eigenvalue weighted by molar-refractivity contribution is -0.116. The maximum atomic E-state index is 12.7. The second-order valence-corrected chi connectivity index (χ2v) is 9.76. The van der Waals surface area contributed by atoms with Gasteiger partial charge in [-0.2, -0.15) is 5.10 Å². The quantitative estimate of drug-likeness (QED) is 0.707. The molecule has 30 heavy (non-hydrogen) atoms. The number of nitrogens with one attached hydrogen (secondary N) is 1. The Kier molecular flexibility index (Phi) is 5.58. The molecule has 2 aromatic heterocycles. The summed E-state index contributed by atoms with van der Waals surface area (Å²) in [6.07, 6.45) is 1.68. The van der Waals surface area contributed by atoms with Crippen LogP contribution in [0.1, 0.15) is 59.2 Å². The minimum Gasteiger partial charge on any atom is -0.311 e. The summed E-state index contributed by atoms with van der Waals surface area (Å²) in [6.45, 7) is 14.6. The summed E-state index contributed by atoms with van der Waals surface area (Å²) in [5.74, 6) is 0.495. The average Bonchev–Trinajstić information content (AvgIpc) is 3.06. The number of fused-ring (bicyclic) bond motifs is 1. The fraction of sp³-hybridized carbons (Fsp3) is 0.478. The average molecular weight is 410 g/mol. The number of benzene rings is 1. The van der Waals surface area contributed by atoms with Gasteiger partial charge in [0, 0.05) is 24.4 Å². The van der Waals surface area contributed by atoms with Crippen LogP contribution in [0.5, 0.6) is 0 Å². The van der Waals surface area contributed by atoms with E-state index in [9.17, 15) is 9.59 Å². The minimum atomic E-state index is -0.275. The third-order valence-electron chi connectivity index (χ3n) is 5.02. The molecule has 160 valence electrons. The van der Waals surface area contributed by atoms with E-state index in [1.165, 1.54) is 10.9 Å². The standard InChI is InChI=1S/C23H31N5O2/c1-15-9-8-10-16-20(15)24-14-27(21(16)30)12-11-19(29)25-18-13-17(22(2,3)4)26-28(18)23(5,6)7/h8-10,13-14H,11-12H2,1-7H3,(H,25,29). The molecule has 0 fully saturated rings. The van der Waals surface area contributed by atoms with Crippen molar-refractivity contribution >= 4 is 22.6 Å². The van der Waals surface area contributed by atoms with Crippen LogP contribution in [0, 0.1) is 6.92 Å². The summed E-state index contributed by atoms with van der Waals surface area (Å²) < 4.78 is 3.33. The number of anilines is 1. The van der Waals surface area contributed by atoms with Gasteiger partial charge in [-0.15, -0.1) is 0 Å². The second kappa shape index (κ2) is 7.70. The van der Waals surface area contributed by atoms with E-state index in [1.54, 1.807) is 6.07 Å². The van der Waals surface area contributed by atoms with E-state index in [2.05, 4.69) is 31.1 Å². The molecule has 7 heteroatoms. The van der Waals surface area contributed by atoms with Gasteiger partial charge in [-0.1, -0.05) is 32.9 Å². The molecule has 0 unspecified atom stereocenters. The van der Waals surface area contributed by atoms with Gasteiger partial charge in [0.1, 0.15) is 5.82 Å². The molecule has 2 heterocycles. The summed E-state index contributed by atoms with van der Waals surface area (Å²) in [5, 5.41) is 8.26. The fourth-order valence-electron chi connectivity index (χ4n) is 3.27. The number of carbonyl (C=O) groups excluding carboxylic acids is 1. The van der Waals surface area contributed by atoms with Gasteiger partial charge in [-0.05, 0) is 39.3 Å². The highest BCUT2D eigenvalue weighted by Gasteiger charge is 2.25. The molecule has 3 rings (SSSR count). The van der Waals surface area contributed by atoms with E-state index in [4.69, 9.17) is 5.10 Å². The first-order chi connectivity index (χ1) is 13.9. The molecule has 3 aromatic rings. The predicted octanol–water partition coefficient (Wildman–Crippen LogP) is 3.98. The molecule has 0 radical (unpaired) electrons. The van der Waals surface area contributed by atoms with E-state index < -0.39 is 0 Å². The van der Waals surface area contributed by atoms with Crippen LogP contribution in [-0.4, -0.2) is 25.2 Å². The Balaban J connectivity index is 1.79. The maximum absolute atomic E-state index is 12.7. The first kappa shape index (κ1) is 21.7. The number of carbonyl (C=O) groups is 1. The molecule has 0 aliphatic heterocycles. The van der Waals surface area contributed by atoms with Crippen LogP contribution < -0.4 is 10.9 Å². The molecule has 1 N–H and O–H groups in total. The molecule has 0 bridgehead atoms. The number of para-hydroxylation sites is 1. The number of nitrogens with zero attached hydrogens (tertiary/aromatic N) is 4. The smallest absolute Gasteiger partial charge is 0.261 e.